The molecule has 0 aliphatic carbocycles. The Morgan fingerprint density at radius 2 is 1.77 bits per heavy atom. The minimum atomic E-state index is -1.03. The average molecular weight is 349 g/mol. The lowest BCUT2D eigenvalue weighted by Crippen LogP contribution is -2.25. The molecule has 4 nitrogen and oxygen atoms in total. The first-order chi connectivity index (χ1) is 12.5. The average Bonchev–Trinajstić information content (AvgIpc) is 2.63. The number of rotatable bonds is 6. The van der Waals surface area contributed by atoms with E-state index in [1.807, 2.05) is 45.0 Å². The number of amides is 1. The number of aryl methyl sites for hydroxylation is 2. The van der Waals surface area contributed by atoms with E-state index in [9.17, 15) is 9.59 Å². The van der Waals surface area contributed by atoms with Crippen LogP contribution >= 0.6 is 0 Å². The minimum Gasteiger partial charge on any atom is -0.444 e. The van der Waals surface area contributed by atoms with E-state index in [4.69, 9.17) is 4.74 Å². The molecule has 4 heteroatoms. The number of benzene rings is 2. The van der Waals surface area contributed by atoms with Gasteiger partial charge < -0.3 is 10.1 Å². The van der Waals surface area contributed by atoms with Crippen molar-refractivity contribution in [3.05, 3.63) is 89.5 Å². The summed E-state index contributed by atoms with van der Waals surface area (Å²) in [5, 5.41) is 2.87. The second-order valence-electron chi connectivity index (χ2n) is 5.92. The lowest BCUT2D eigenvalue weighted by Gasteiger charge is -2.18. The number of nitrogens with one attached hydrogen (secondary N) is 1. The van der Waals surface area contributed by atoms with Crippen molar-refractivity contribution in [2.75, 3.05) is 5.32 Å². The van der Waals surface area contributed by atoms with Crippen LogP contribution in [-0.2, 0) is 14.3 Å². The van der Waals surface area contributed by atoms with Gasteiger partial charge in [0.1, 0.15) is 0 Å². The van der Waals surface area contributed by atoms with Gasteiger partial charge >= 0.3 is 5.97 Å². The molecule has 0 aliphatic rings. The Morgan fingerprint density at radius 1 is 1.04 bits per heavy atom. The van der Waals surface area contributed by atoms with Crippen molar-refractivity contribution in [3.63, 3.8) is 0 Å². The van der Waals surface area contributed by atoms with Gasteiger partial charge in [0.05, 0.1) is 0 Å². The fraction of sp³-hybridized carbons (Fsp3) is 0.182. The number of allylic oxidation sites excluding steroid dienone is 3. The molecule has 2 aromatic carbocycles. The first-order valence-corrected chi connectivity index (χ1v) is 8.44. The molecule has 0 heterocycles. The molecular formula is C22H23NO3. The van der Waals surface area contributed by atoms with E-state index in [2.05, 4.69) is 5.32 Å². The summed E-state index contributed by atoms with van der Waals surface area (Å²) in [5.41, 5.74) is 3.29. The van der Waals surface area contributed by atoms with E-state index >= 15 is 0 Å². The van der Waals surface area contributed by atoms with Crippen molar-refractivity contribution in [1.29, 1.82) is 0 Å². The van der Waals surface area contributed by atoms with Crippen molar-refractivity contribution in [2.24, 2.45) is 0 Å². The number of ether oxygens (including phenoxy) is 1. The SMILES string of the molecule is C/C=C/C=C/C(=O)O[C@H](C(=O)Nc1cc(C)ccc1C)c1ccccc1. The van der Waals surface area contributed by atoms with Gasteiger partial charge in [-0.1, -0.05) is 60.7 Å². The maximum Gasteiger partial charge on any atom is 0.331 e. The summed E-state index contributed by atoms with van der Waals surface area (Å²) in [7, 11) is 0. The van der Waals surface area contributed by atoms with Crippen LogP contribution in [0.25, 0.3) is 0 Å². The zero-order valence-corrected chi connectivity index (χ0v) is 15.2. The van der Waals surface area contributed by atoms with E-state index < -0.39 is 18.0 Å². The van der Waals surface area contributed by atoms with Gasteiger partial charge in [-0.25, -0.2) is 4.79 Å². The molecule has 134 valence electrons. The summed E-state index contributed by atoms with van der Waals surface area (Å²) in [6.07, 6.45) is 5.35. The normalized spacial score (nSPS) is 12.3. The minimum absolute atomic E-state index is 0.391. The van der Waals surface area contributed by atoms with E-state index in [1.165, 1.54) is 6.08 Å². The smallest absolute Gasteiger partial charge is 0.331 e. The summed E-state index contributed by atoms with van der Waals surface area (Å²) >= 11 is 0. The standard InChI is InChI=1S/C22H23NO3/c1-4-5-7-12-20(24)26-21(18-10-8-6-9-11-18)22(25)23-19-15-16(2)13-14-17(19)3/h4-15,21H,1-3H3,(H,23,25)/b5-4+,12-7+/t21-/m0/s1. The zero-order chi connectivity index (χ0) is 18.9. The molecule has 1 N–H and O–H groups in total. The van der Waals surface area contributed by atoms with Gasteiger partial charge in [0.2, 0.25) is 6.10 Å². The van der Waals surface area contributed by atoms with Crippen molar-refractivity contribution in [3.8, 4) is 0 Å². The Kier molecular flexibility index (Phi) is 6.92. The molecule has 0 aliphatic heterocycles. The third-order valence-corrected chi connectivity index (χ3v) is 3.76. The number of anilines is 1. The fourth-order valence-electron chi connectivity index (χ4n) is 2.37. The molecule has 0 radical (unpaired) electrons. The third-order valence-electron chi connectivity index (χ3n) is 3.76. The summed E-state index contributed by atoms with van der Waals surface area (Å²) in [4.78, 5) is 24.9. The van der Waals surface area contributed by atoms with Crippen molar-refractivity contribution in [1.82, 2.24) is 0 Å². The van der Waals surface area contributed by atoms with Crippen molar-refractivity contribution in [2.45, 2.75) is 26.9 Å². The molecule has 0 saturated carbocycles. The second kappa shape index (κ2) is 9.37. The van der Waals surface area contributed by atoms with Gasteiger partial charge in [-0.15, -0.1) is 0 Å². The van der Waals surface area contributed by atoms with E-state index in [1.54, 1.807) is 42.5 Å². The number of hydrogen-bond donors (Lipinski definition) is 1. The maximum atomic E-state index is 12.8. The Bertz CT molecular complexity index is 823. The molecule has 2 rings (SSSR count). The van der Waals surface area contributed by atoms with Crippen molar-refractivity contribution < 1.29 is 14.3 Å². The van der Waals surface area contributed by atoms with Crippen LogP contribution in [0.2, 0.25) is 0 Å². The zero-order valence-electron chi connectivity index (χ0n) is 15.2. The molecule has 1 amide bonds. The number of esters is 1. The predicted octanol–water partition coefficient (Wildman–Crippen LogP) is 4.66. The predicted molar refractivity (Wildman–Crippen MR) is 104 cm³/mol. The molecule has 0 fully saturated rings. The van der Waals surface area contributed by atoms with Gasteiger partial charge in [0.25, 0.3) is 5.91 Å². The number of carbonyl (C=O) groups excluding carboxylic acids is 2. The highest BCUT2D eigenvalue weighted by molar-refractivity contribution is 5.97. The molecule has 1 atom stereocenters. The fourth-order valence-corrected chi connectivity index (χ4v) is 2.37. The lowest BCUT2D eigenvalue weighted by molar-refractivity contribution is -0.149. The number of hydrogen-bond acceptors (Lipinski definition) is 3. The van der Waals surface area contributed by atoms with Crippen LogP contribution in [0, 0.1) is 13.8 Å². The quantitative estimate of drug-likeness (QED) is 0.469. The van der Waals surface area contributed by atoms with Gasteiger partial charge in [-0.2, -0.15) is 0 Å². The largest absolute Gasteiger partial charge is 0.444 e. The topological polar surface area (TPSA) is 55.4 Å². The van der Waals surface area contributed by atoms with Crippen LogP contribution in [0.4, 0.5) is 5.69 Å². The highest BCUT2D eigenvalue weighted by Crippen LogP contribution is 2.22. The number of carbonyl (C=O) groups is 2. The first kappa shape index (κ1) is 19.2. The first-order valence-electron chi connectivity index (χ1n) is 8.44. The van der Waals surface area contributed by atoms with Crippen LogP contribution in [0.3, 0.4) is 0 Å². The molecule has 0 bridgehead atoms. The van der Waals surface area contributed by atoms with Gasteiger partial charge in [0, 0.05) is 17.3 Å². The summed E-state index contributed by atoms with van der Waals surface area (Å²) < 4.78 is 5.42. The highest BCUT2D eigenvalue weighted by atomic mass is 16.5. The summed E-state index contributed by atoms with van der Waals surface area (Å²) in [6.45, 7) is 5.72. The van der Waals surface area contributed by atoms with E-state index in [0.29, 0.717) is 11.3 Å². The van der Waals surface area contributed by atoms with Gasteiger partial charge in [0.15, 0.2) is 0 Å². The van der Waals surface area contributed by atoms with E-state index in [-0.39, 0.29) is 0 Å². The Labute approximate surface area is 154 Å². The summed E-state index contributed by atoms with van der Waals surface area (Å²) in [6, 6.07) is 14.8. The van der Waals surface area contributed by atoms with Crippen LogP contribution in [0.5, 0.6) is 0 Å². The maximum absolute atomic E-state index is 12.8. The second-order valence-corrected chi connectivity index (χ2v) is 5.92. The molecule has 0 spiro atoms. The lowest BCUT2D eigenvalue weighted by atomic mass is 10.1. The Morgan fingerprint density at radius 3 is 2.46 bits per heavy atom. The van der Waals surface area contributed by atoms with Crippen LogP contribution in [0.1, 0.15) is 29.7 Å². The molecule has 0 unspecified atom stereocenters. The Balaban J connectivity index is 2.24. The summed E-state index contributed by atoms with van der Waals surface area (Å²) in [5.74, 6) is -0.967. The third kappa shape index (κ3) is 5.45. The monoisotopic (exact) mass is 349 g/mol. The van der Waals surface area contributed by atoms with Crippen molar-refractivity contribution >= 4 is 17.6 Å². The van der Waals surface area contributed by atoms with Gasteiger partial charge in [-0.05, 0) is 38.0 Å². The molecule has 2 aromatic rings. The highest BCUT2D eigenvalue weighted by Gasteiger charge is 2.24. The van der Waals surface area contributed by atoms with Crippen LogP contribution in [-0.4, -0.2) is 11.9 Å². The van der Waals surface area contributed by atoms with E-state index in [0.717, 1.165) is 11.1 Å². The van der Waals surface area contributed by atoms with Crippen LogP contribution < -0.4 is 5.32 Å². The Hall–Kier alpha value is -3.14. The van der Waals surface area contributed by atoms with Gasteiger partial charge in [-0.3, -0.25) is 4.79 Å². The molecule has 26 heavy (non-hydrogen) atoms. The van der Waals surface area contributed by atoms with Crippen LogP contribution in [0.15, 0.2) is 72.8 Å². The molecular weight excluding hydrogens is 326 g/mol. The molecule has 0 aromatic heterocycles. The molecule has 0 saturated heterocycles.